The Bertz CT molecular complexity index is 865. The standard InChI is InChI=1S/C20H28N4O2.C2H6/c1-15-5-6-18-16(13-15)19(25)17(20(26)21(2)3)14-24(18)12-11-23-9-7-22(4)8-10-23;1-2/h5-6,13-14H,7-12H2,1-4H3;1-2H3. The van der Waals surface area contributed by atoms with Gasteiger partial charge in [-0.1, -0.05) is 25.5 Å². The van der Waals surface area contributed by atoms with E-state index < -0.39 is 0 Å². The minimum absolute atomic E-state index is 0.182. The van der Waals surface area contributed by atoms with Crippen LogP contribution < -0.4 is 5.43 Å². The molecule has 1 aromatic carbocycles. The van der Waals surface area contributed by atoms with E-state index in [0.29, 0.717) is 5.39 Å². The zero-order valence-electron chi connectivity index (χ0n) is 18.2. The number of pyridine rings is 1. The number of rotatable bonds is 4. The highest BCUT2D eigenvalue weighted by Crippen LogP contribution is 2.15. The molecular weight excluding hydrogens is 352 g/mol. The molecule has 1 saturated heterocycles. The summed E-state index contributed by atoms with van der Waals surface area (Å²) >= 11 is 0. The number of carbonyl (C=O) groups excluding carboxylic acids is 1. The fourth-order valence-electron chi connectivity index (χ4n) is 3.41. The summed E-state index contributed by atoms with van der Waals surface area (Å²) in [6.07, 6.45) is 1.73. The number of likely N-dealkylation sites (N-methyl/N-ethyl adjacent to an activating group) is 1. The van der Waals surface area contributed by atoms with Gasteiger partial charge in [0.05, 0.1) is 5.52 Å². The molecule has 0 spiro atoms. The number of piperazine rings is 1. The normalized spacial score (nSPS) is 15.2. The summed E-state index contributed by atoms with van der Waals surface area (Å²) in [6.45, 7) is 11.9. The van der Waals surface area contributed by atoms with Crippen LogP contribution in [0.3, 0.4) is 0 Å². The van der Waals surface area contributed by atoms with Gasteiger partial charge in [0.15, 0.2) is 0 Å². The molecule has 3 rings (SSSR count). The van der Waals surface area contributed by atoms with Gasteiger partial charge in [0.1, 0.15) is 5.56 Å². The molecule has 1 amide bonds. The van der Waals surface area contributed by atoms with Crippen LogP contribution in [0.5, 0.6) is 0 Å². The highest BCUT2D eigenvalue weighted by atomic mass is 16.2. The van der Waals surface area contributed by atoms with Crippen molar-refractivity contribution in [2.75, 3.05) is 53.9 Å². The summed E-state index contributed by atoms with van der Waals surface area (Å²) in [6, 6.07) is 5.89. The molecule has 0 aliphatic carbocycles. The summed E-state index contributed by atoms with van der Waals surface area (Å²) in [5.74, 6) is -0.244. The van der Waals surface area contributed by atoms with Crippen LogP contribution in [0.1, 0.15) is 29.8 Å². The van der Waals surface area contributed by atoms with E-state index in [4.69, 9.17) is 0 Å². The molecule has 28 heavy (non-hydrogen) atoms. The maximum absolute atomic E-state index is 12.8. The van der Waals surface area contributed by atoms with Gasteiger partial charge < -0.3 is 14.4 Å². The van der Waals surface area contributed by atoms with Crippen molar-refractivity contribution in [3.8, 4) is 0 Å². The Labute approximate surface area is 168 Å². The van der Waals surface area contributed by atoms with E-state index in [0.717, 1.165) is 50.3 Å². The second-order valence-corrected chi connectivity index (χ2v) is 7.43. The van der Waals surface area contributed by atoms with Crippen molar-refractivity contribution in [2.24, 2.45) is 0 Å². The molecule has 1 aliphatic heterocycles. The second-order valence-electron chi connectivity index (χ2n) is 7.43. The van der Waals surface area contributed by atoms with Crippen molar-refractivity contribution in [2.45, 2.75) is 27.3 Å². The van der Waals surface area contributed by atoms with Crippen molar-refractivity contribution < 1.29 is 4.79 Å². The van der Waals surface area contributed by atoms with E-state index in [9.17, 15) is 9.59 Å². The highest BCUT2D eigenvalue weighted by Gasteiger charge is 2.18. The lowest BCUT2D eigenvalue weighted by molar-refractivity contribution is 0.0825. The van der Waals surface area contributed by atoms with E-state index in [2.05, 4.69) is 21.4 Å². The van der Waals surface area contributed by atoms with Crippen molar-refractivity contribution >= 4 is 16.8 Å². The minimum atomic E-state index is -0.244. The van der Waals surface area contributed by atoms with Gasteiger partial charge in [-0.3, -0.25) is 14.5 Å². The predicted molar refractivity (Wildman–Crippen MR) is 116 cm³/mol. The minimum Gasteiger partial charge on any atom is -0.345 e. The van der Waals surface area contributed by atoms with Crippen LogP contribution in [-0.4, -0.2) is 79.0 Å². The van der Waals surface area contributed by atoms with Gasteiger partial charge >= 0.3 is 0 Å². The summed E-state index contributed by atoms with van der Waals surface area (Å²) < 4.78 is 2.06. The van der Waals surface area contributed by atoms with Crippen LogP contribution >= 0.6 is 0 Å². The summed E-state index contributed by atoms with van der Waals surface area (Å²) in [4.78, 5) is 31.6. The molecule has 2 aromatic rings. The molecule has 0 atom stereocenters. The van der Waals surface area contributed by atoms with E-state index in [1.165, 1.54) is 4.90 Å². The van der Waals surface area contributed by atoms with Gasteiger partial charge in [0, 0.05) is 64.9 Å². The lowest BCUT2D eigenvalue weighted by atomic mass is 10.1. The fourth-order valence-corrected chi connectivity index (χ4v) is 3.41. The molecule has 1 aromatic heterocycles. The highest BCUT2D eigenvalue weighted by molar-refractivity contribution is 5.97. The van der Waals surface area contributed by atoms with Gasteiger partial charge in [-0.15, -0.1) is 0 Å². The van der Waals surface area contributed by atoms with Crippen LogP contribution in [0.4, 0.5) is 0 Å². The Morgan fingerprint density at radius 1 is 1.07 bits per heavy atom. The average molecular weight is 387 g/mol. The number of aryl methyl sites for hydroxylation is 1. The molecule has 0 radical (unpaired) electrons. The van der Waals surface area contributed by atoms with Crippen LogP contribution in [0.25, 0.3) is 10.9 Å². The van der Waals surface area contributed by atoms with Gasteiger partial charge in [0.25, 0.3) is 5.91 Å². The first-order valence-corrected chi connectivity index (χ1v) is 10.1. The maximum atomic E-state index is 12.8. The van der Waals surface area contributed by atoms with Gasteiger partial charge in [-0.05, 0) is 26.1 Å². The van der Waals surface area contributed by atoms with Gasteiger partial charge in [0.2, 0.25) is 5.43 Å². The van der Waals surface area contributed by atoms with E-state index >= 15 is 0 Å². The molecule has 0 unspecified atom stereocenters. The first-order chi connectivity index (χ1) is 13.4. The van der Waals surface area contributed by atoms with Crippen molar-refractivity contribution in [3.63, 3.8) is 0 Å². The lowest BCUT2D eigenvalue weighted by Crippen LogP contribution is -2.45. The molecule has 154 valence electrons. The molecule has 0 N–H and O–H groups in total. The van der Waals surface area contributed by atoms with Crippen LogP contribution in [0.2, 0.25) is 0 Å². The number of aromatic nitrogens is 1. The number of benzene rings is 1. The molecule has 2 heterocycles. The number of amides is 1. The monoisotopic (exact) mass is 386 g/mol. The molecule has 0 bridgehead atoms. The van der Waals surface area contributed by atoms with Crippen molar-refractivity contribution in [1.82, 2.24) is 19.3 Å². The van der Waals surface area contributed by atoms with Gasteiger partial charge in [-0.2, -0.15) is 0 Å². The number of nitrogens with zero attached hydrogens (tertiary/aromatic N) is 4. The topological polar surface area (TPSA) is 48.8 Å². The number of fused-ring (bicyclic) bond motifs is 1. The molecule has 1 aliphatic rings. The number of hydrogen-bond donors (Lipinski definition) is 0. The molecule has 6 nitrogen and oxygen atoms in total. The first kappa shape index (κ1) is 22.1. The number of hydrogen-bond acceptors (Lipinski definition) is 4. The Morgan fingerprint density at radius 3 is 2.32 bits per heavy atom. The lowest BCUT2D eigenvalue weighted by Gasteiger charge is -2.32. The summed E-state index contributed by atoms with van der Waals surface area (Å²) in [7, 11) is 5.50. The second kappa shape index (κ2) is 9.85. The third kappa shape index (κ3) is 5.00. The summed E-state index contributed by atoms with van der Waals surface area (Å²) in [5, 5.41) is 0.621. The smallest absolute Gasteiger partial charge is 0.258 e. The zero-order valence-corrected chi connectivity index (χ0v) is 18.2. The van der Waals surface area contributed by atoms with Crippen LogP contribution in [0.15, 0.2) is 29.2 Å². The molecule has 1 fully saturated rings. The van der Waals surface area contributed by atoms with E-state index in [1.54, 1.807) is 20.3 Å². The maximum Gasteiger partial charge on any atom is 0.258 e. The van der Waals surface area contributed by atoms with Gasteiger partial charge in [-0.25, -0.2) is 0 Å². The Balaban J connectivity index is 0.00000136. The third-order valence-corrected chi connectivity index (χ3v) is 5.13. The molecule has 0 saturated carbocycles. The molecular formula is C22H34N4O2. The Kier molecular flexibility index (Phi) is 7.78. The van der Waals surface area contributed by atoms with Crippen LogP contribution in [0, 0.1) is 6.92 Å². The number of carbonyl (C=O) groups is 1. The third-order valence-electron chi connectivity index (χ3n) is 5.13. The molecule has 6 heteroatoms. The first-order valence-electron chi connectivity index (χ1n) is 10.1. The average Bonchev–Trinajstić information content (AvgIpc) is 2.70. The zero-order chi connectivity index (χ0) is 20.8. The van der Waals surface area contributed by atoms with Crippen molar-refractivity contribution in [3.05, 3.63) is 45.7 Å². The Morgan fingerprint density at radius 2 is 1.71 bits per heavy atom. The quantitative estimate of drug-likeness (QED) is 0.809. The van der Waals surface area contributed by atoms with Crippen LogP contribution in [-0.2, 0) is 6.54 Å². The fraction of sp³-hybridized carbons (Fsp3) is 0.545. The Hall–Kier alpha value is -2.18. The van der Waals surface area contributed by atoms with Crippen molar-refractivity contribution in [1.29, 1.82) is 0 Å². The largest absolute Gasteiger partial charge is 0.345 e. The predicted octanol–water partition coefficient (Wildman–Crippen LogP) is 2.29. The summed E-state index contributed by atoms with van der Waals surface area (Å²) in [5.41, 5.74) is 1.98. The van der Waals surface area contributed by atoms with E-state index in [1.807, 2.05) is 39.0 Å². The SMILES string of the molecule is CC.Cc1ccc2c(c1)c(=O)c(C(=O)N(C)C)cn2CCN1CCN(C)CC1. The van der Waals surface area contributed by atoms with E-state index in [-0.39, 0.29) is 16.9 Å².